The van der Waals surface area contributed by atoms with Crippen molar-refractivity contribution in [2.45, 2.75) is 45.1 Å². The minimum Gasteiger partial charge on any atom is -0.480 e. The highest BCUT2D eigenvalue weighted by Crippen LogP contribution is 2.19. The average molecular weight is 242 g/mol. The van der Waals surface area contributed by atoms with Gasteiger partial charge >= 0.3 is 5.97 Å². The lowest BCUT2D eigenvalue weighted by molar-refractivity contribution is -0.145. The highest BCUT2D eigenvalue weighted by atomic mass is 16.4. The first-order chi connectivity index (χ1) is 8.04. The van der Waals surface area contributed by atoms with Gasteiger partial charge in [-0.05, 0) is 45.2 Å². The molecule has 4 nitrogen and oxygen atoms in total. The molecule has 0 bridgehead atoms. The number of carboxylic acids is 1. The molecule has 4 heteroatoms. The first-order valence-corrected chi connectivity index (χ1v) is 6.71. The van der Waals surface area contributed by atoms with Crippen LogP contribution >= 0.6 is 0 Å². The van der Waals surface area contributed by atoms with Gasteiger partial charge in [-0.25, -0.2) is 0 Å². The maximum absolute atomic E-state index is 11.3. The Morgan fingerprint density at radius 3 is 2.59 bits per heavy atom. The van der Waals surface area contributed by atoms with Gasteiger partial charge < -0.3 is 15.3 Å². The monoisotopic (exact) mass is 242 g/mol. The van der Waals surface area contributed by atoms with E-state index >= 15 is 0 Å². The van der Waals surface area contributed by atoms with Gasteiger partial charge in [0.25, 0.3) is 0 Å². The summed E-state index contributed by atoms with van der Waals surface area (Å²) in [6.45, 7) is 6.95. The van der Waals surface area contributed by atoms with Crippen LogP contribution in [0.2, 0.25) is 0 Å². The molecule has 1 heterocycles. The van der Waals surface area contributed by atoms with Crippen LogP contribution in [0.5, 0.6) is 0 Å². The molecular weight excluding hydrogens is 216 g/mol. The van der Waals surface area contributed by atoms with Crippen LogP contribution in [0.4, 0.5) is 0 Å². The molecule has 0 aliphatic carbocycles. The van der Waals surface area contributed by atoms with E-state index in [1.165, 1.54) is 19.4 Å². The number of carboxylic acid groups (broad SMARTS) is 1. The van der Waals surface area contributed by atoms with E-state index in [-0.39, 0.29) is 0 Å². The van der Waals surface area contributed by atoms with E-state index in [4.69, 9.17) is 0 Å². The molecule has 1 aliphatic rings. The van der Waals surface area contributed by atoms with Crippen molar-refractivity contribution < 1.29 is 9.90 Å². The summed E-state index contributed by atoms with van der Waals surface area (Å²) >= 11 is 0. The molecule has 0 aromatic carbocycles. The van der Waals surface area contributed by atoms with Crippen molar-refractivity contribution in [2.24, 2.45) is 5.92 Å². The molecule has 0 aromatic rings. The van der Waals surface area contributed by atoms with E-state index in [1.54, 1.807) is 0 Å². The zero-order valence-corrected chi connectivity index (χ0v) is 11.3. The predicted octanol–water partition coefficient (Wildman–Crippen LogP) is 1.56. The zero-order valence-electron chi connectivity index (χ0n) is 11.3. The Balaban J connectivity index is 2.49. The summed E-state index contributed by atoms with van der Waals surface area (Å²) in [5, 5.41) is 12.6. The minimum atomic E-state index is -0.726. The summed E-state index contributed by atoms with van der Waals surface area (Å²) in [4.78, 5) is 13.7. The number of piperidine rings is 1. The van der Waals surface area contributed by atoms with Crippen molar-refractivity contribution >= 4 is 5.97 Å². The number of hydrogen-bond donors (Lipinski definition) is 2. The third-order valence-corrected chi connectivity index (χ3v) is 4.07. The van der Waals surface area contributed by atoms with Gasteiger partial charge in [-0.3, -0.25) is 4.79 Å². The van der Waals surface area contributed by atoms with E-state index in [9.17, 15) is 9.90 Å². The van der Waals surface area contributed by atoms with Gasteiger partial charge in [0.1, 0.15) is 5.54 Å². The fourth-order valence-electron chi connectivity index (χ4n) is 2.66. The molecule has 0 spiro atoms. The topological polar surface area (TPSA) is 52.6 Å². The lowest BCUT2D eigenvalue weighted by Crippen LogP contribution is -2.53. The van der Waals surface area contributed by atoms with Crippen LogP contribution in [-0.4, -0.2) is 48.2 Å². The lowest BCUT2D eigenvalue weighted by Gasteiger charge is -2.34. The van der Waals surface area contributed by atoms with Gasteiger partial charge in [0, 0.05) is 13.1 Å². The zero-order chi connectivity index (χ0) is 12.9. The summed E-state index contributed by atoms with van der Waals surface area (Å²) in [6.07, 6.45) is 3.71. The molecule has 100 valence electrons. The standard InChI is InChI=1S/C13H26N2O2/c1-4-13(5-2,12(16)17)14-9-11-7-6-8-15(3)10-11/h11,14H,4-10H2,1-3H3,(H,16,17). The molecule has 0 radical (unpaired) electrons. The van der Waals surface area contributed by atoms with Crippen molar-refractivity contribution in [3.8, 4) is 0 Å². The van der Waals surface area contributed by atoms with E-state index in [2.05, 4.69) is 17.3 Å². The van der Waals surface area contributed by atoms with Crippen LogP contribution in [0.3, 0.4) is 0 Å². The quantitative estimate of drug-likeness (QED) is 0.742. The first-order valence-electron chi connectivity index (χ1n) is 6.71. The van der Waals surface area contributed by atoms with Crippen molar-refractivity contribution in [1.82, 2.24) is 10.2 Å². The molecular formula is C13H26N2O2. The molecule has 1 atom stereocenters. The Morgan fingerprint density at radius 2 is 2.12 bits per heavy atom. The van der Waals surface area contributed by atoms with Gasteiger partial charge in [-0.2, -0.15) is 0 Å². The van der Waals surface area contributed by atoms with E-state index in [0.717, 1.165) is 13.1 Å². The maximum atomic E-state index is 11.3. The lowest BCUT2D eigenvalue weighted by atomic mass is 9.91. The van der Waals surface area contributed by atoms with Crippen LogP contribution < -0.4 is 5.32 Å². The normalized spacial score (nSPS) is 22.6. The number of nitrogens with zero attached hydrogens (tertiary/aromatic N) is 1. The predicted molar refractivity (Wildman–Crippen MR) is 69.2 cm³/mol. The third-order valence-electron chi connectivity index (χ3n) is 4.07. The number of nitrogens with one attached hydrogen (secondary N) is 1. The second-order valence-electron chi connectivity index (χ2n) is 5.25. The largest absolute Gasteiger partial charge is 0.480 e. The summed E-state index contributed by atoms with van der Waals surface area (Å²) in [5.41, 5.74) is -0.726. The van der Waals surface area contributed by atoms with E-state index < -0.39 is 11.5 Å². The Morgan fingerprint density at radius 1 is 1.47 bits per heavy atom. The minimum absolute atomic E-state index is 0.588. The van der Waals surface area contributed by atoms with Gasteiger partial charge in [-0.1, -0.05) is 13.8 Å². The molecule has 1 saturated heterocycles. The van der Waals surface area contributed by atoms with Crippen molar-refractivity contribution in [3.63, 3.8) is 0 Å². The number of rotatable bonds is 6. The van der Waals surface area contributed by atoms with Gasteiger partial charge in [-0.15, -0.1) is 0 Å². The van der Waals surface area contributed by atoms with Gasteiger partial charge in [0.15, 0.2) is 0 Å². The van der Waals surface area contributed by atoms with Crippen LogP contribution in [0, 0.1) is 5.92 Å². The molecule has 0 amide bonds. The Kier molecular flexibility index (Phi) is 5.40. The van der Waals surface area contributed by atoms with E-state index in [1.807, 2.05) is 13.8 Å². The van der Waals surface area contributed by atoms with Gasteiger partial charge in [0.05, 0.1) is 0 Å². The summed E-state index contributed by atoms with van der Waals surface area (Å²) < 4.78 is 0. The molecule has 1 aliphatic heterocycles. The summed E-state index contributed by atoms with van der Waals surface area (Å²) in [6, 6.07) is 0. The van der Waals surface area contributed by atoms with Crippen LogP contribution in [0.25, 0.3) is 0 Å². The highest BCUT2D eigenvalue weighted by molar-refractivity contribution is 5.78. The summed E-state index contributed by atoms with van der Waals surface area (Å²) in [5.74, 6) is -0.128. The fourth-order valence-corrected chi connectivity index (χ4v) is 2.66. The number of likely N-dealkylation sites (tertiary alicyclic amines) is 1. The molecule has 17 heavy (non-hydrogen) atoms. The Labute approximate surface area is 104 Å². The fraction of sp³-hybridized carbons (Fsp3) is 0.923. The molecule has 0 aromatic heterocycles. The number of carbonyl (C=O) groups is 1. The maximum Gasteiger partial charge on any atom is 0.323 e. The SMILES string of the molecule is CCC(CC)(NCC1CCCN(C)C1)C(=O)O. The van der Waals surface area contributed by atoms with Crippen molar-refractivity contribution in [2.75, 3.05) is 26.7 Å². The summed E-state index contributed by atoms with van der Waals surface area (Å²) in [7, 11) is 2.14. The highest BCUT2D eigenvalue weighted by Gasteiger charge is 2.34. The molecule has 2 N–H and O–H groups in total. The van der Waals surface area contributed by atoms with Crippen molar-refractivity contribution in [3.05, 3.63) is 0 Å². The third kappa shape index (κ3) is 3.68. The average Bonchev–Trinajstić information content (AvgIpc) is 2.31. The number of aliphatic carboxylic acids is 1. The van der Waals surface area contributed by atoms with Crippen LogP contribution in [-0.2, 0) is 4.79 Å². The second-order valence-corrected chi connectivity index (χ2v) is 5.25. The molecule has 1 unspecified atom stereocenters. The Bertz CT molecular complexity index is 252. The molecule has 1 fully saturated rings. The molecule has 1 rings (SSSR count). The van der Waals surface area contributed by atoms with Gasteiger partial charge in [0.2, 0.25) is 0 Å². The van der Waals surface area contributed by atoms with Crippen LogP contribution in [0.15, 0.2) is 0 Å². The molecule has 0 saturated carbocycles. The second kappa shape index (κ2) is 6.36. The smallest absolute Gasteiger partial charge is 0.323 e. The van der Waals surface area contributed by atoms with Crippen LogP contribution in [0.1, 0.15) is 39.5 Å². The van der Waals surface area contributed by atoms with E-state index in [0.29, 0.717) is 18.8 Å². The van der Waals surface area contributed by atoms with Crippen molar-refractivity contribution in [1.29, 1.82) is 0 Å². The Hall–Kier alpha value is -0.610. The first kappa shape index (κ1) is 14.5. The number of hydrogen-bond acceptors (Lipinski definition) is 3.